The lowest BCUT2D eigenvalue weighted by Crippen LogP contribution is -1.95. The van der Waals surface area contributed by atoms with Crippen molar-refractivity contribution in [3.8, 4) is 22.3 Å². The van der Waals surface area contributed by atoms with Crippen LogP contribution in [-0.2, 0) is 0 Å². The first-order chi connectivity index (χ1) is 18.3. The van der Waals surface area contributed by atoms with Crippen molar-refractivity contribution in [1.82, 2.24) is 0 Å². The van der Waals surface area contributed by atoms with Gasteiger partial charge in [-0.15, -0.1) is 0 Å². The van der Waals surface area contributed by atoms with E-state index < -0.39 is 0 Å². The summed E-state index contributed by atoms with van der Waals surface area (Å²) in [6.45, 7) is 8.45. The Morgan fingerprint density at radius 1 is 0.459 bits per heavy atom. The summed E-state index contributed by atoms with van der Waals surface area (Å²) in [4.78, 5) is 0. The van der Waals surface area contributed by atoms with Crippen LogP contribution in [0.1, 0.15) is 11.1 Å². The Balaban J connectivity index is 1.57. The number of rotatable bonds is 4. The lowest BCUT2D eigenvalue weighted by atomic mass is 9.83. The van der Waals surface area contributed by atoms with Gasteiger partial charge in [-0.05, 0) is 79.2 Å². The minimum absolute atomic E-state index is 0.892. The standard InChI is InChI=1S/C36H24O/c1-3-27-28(4-2)36(30-17-11-10-16-29(30)35(27)23-12-6-5-7-13-23)26-18-19-33-31(21-26)32-20-24-14-8-9-15-25(24)22-34(32)37-33/h3-22H,1-2H2. The van der Waals surface area contributed by atoms with Crippen molar-refractivity contribution in [3.05, 3.63) is 133 Å². The highest BCUT2D eigenvalue weighted by Gasteiger charge is 2.19. The lowest BCUT2D eigenvalue weighted by molar-refractivity contribution is 0.669. The van der Waals surface area contributed by atoms with Crippen LogP contribution in [0.3, 0.4) is 0 Å². The summed E-state index contributed by atoms with van der Waals surface area (Å²) in [7, 11) is 0. The summed E-state index contributed by atoms with van der Waals surface area (Å²) >= 11 is 0. The third-order valence-electron chi connectivity index (χ3n) is 7.39. The van der Waals surface area contributed by atoms with E-state index >= 15 is 0 Å². The second-order valence-corrected chi connectivity index (χ2v) is 9.41. The maximum Gasteiger partial charge on any atom is 0.136 e. The van der Waals surface area contributed by atoms with Gasteiger partial charge >= 0.3 is 0 Å². The average Bonchev–Trinajstić information content (AvgIpc) is 3.31. The summed E-state index contributed by atoms with van der Waals surface area (Å²) in [5.74, 6) is 0. The lowest BCUT2D eigenvalue weighted by Gasteiger charge is -2.20. The molecule has 0 saturated heterocycles. The van der Waals surface area contributed by atoms with E-state index in [1.54, 1.807) is 0 Å². The maximum atomic E-state index is 6.28. The second-order valence-electron chi connectivity index (χ2n) is 9.41. The molecule has 0 fully saturated rings. The average molecular weight is 473 g/mol. The van der Waals surface area contributed by atoms with E-state index in [2.05, 4.69) is 122 Å². The molecule has 174 valence electrons. The van der Waals surface area contributed by atoms with Crippen LogP contribution in [0.4, 0.5) is 0 Å². The molecule has 0 unspecified atom stereocenters. The number of hydrogen-bond acceptors (Lipinski definition) is 1. The molecule has 7 rings (SSSR count). The molecular formula is C36H24O. The molecule has 0 aliphatic carbocycles. The highest BCUT2D eigenvalue weighted by atomic mass is 16.3. The summed E-state index contributed by atoms with van der Waals surface area (Å²) in [6.07, 6.45) is 3.93. The molecule has 0 atom stereocenters. The molecule has 37 heavy (non-hydrogen) atoms. The van der Waals surface area contributed by atoms with Gasteiger partial charge in [0.15, 0.2) is 0 Å². The van der Waals surface area contributed by atoms with E-state index in [0.29, 0.717) is 0 Å². The van der Waals surface area contributed by atoms with Crippen molar-refractivity contribution in [1.29, 1.82) is 0 Å². The van der Waals surface area contributed by atoms with Crippen molar-refractivity contribution in [2.45, 2.75) is 0 Å². The molecule has 1 heterocycles. The molecular weight excluding hydrogens is 448 g/mol. The highest BCUT2D eigenvalue weighted by Crippen LogP contribution is 2.44. The van der Waals surface area contributed by atoms with Gasteiger partial charge in [-0.2, -0.15) is 0 Å². The van der Waals surface area contributed by atoms with E-state index in [9.17, 15) is 0 Å². The molecule has 0 amide bonds. The Morgan fingerprint density at radius 2 is 1.03 bits per heavy atom. The zero-order chi connectivity index (χ0) is 24.9. The molecule has 0 radical (unpaired) electrons. The molecule has 1 nitrogen and oxygen atoms in total. The number of benzene rings is 6. The Hall–Kier alpha value is -4.88. The summed E-state index contributed by atoms with van der Waals surface area (Å²) in [5, 5.41) is 7.03. The van der Waals surface area contributed by atoms with Gasteiger partial charge in [-0.3, -0.25) is 0 Å². The first kappa shape index (κ1) is 21.4. The van der Waals surface area contributed by atoms with Crippen molar-refractivity contribution < 1.29 is 4.42 Å². The molecule has 1 aromatic heterocycles. The van der Waals surface area contributed by atoms with Crippen molar-refractivity contribution >= 4 is 55.6 Å². The smallest absolute Gasteiger partial charge is 0.136 e. The Morgan fingerprint density at radius 3 is 1.70 bits per heavy atom. The van der Waals surface area contributed by atoms with E-state index in [1.165, 1.54) is 32.7 Å². The maximum absolute atomic E-state index is 6.28. The van der Waals surface area contributed by atoms with Gasteiger partial charge in [0.2, 0.25) is 0 Å². The van der Waals surface area contributed by atoms with Gasteiger partial charge in [0.1, 0.15) is 11.2 Å². The molecule has 0 spiro atoms. The minimum Gasteiger partial charge on any atom is -0.456 e. The largest absolute Gasteiger partial charge is 0.456 e. The van der Waals surface area contributed by atoms with Crippen molar-refractivity contribution in [2.24, 2.45) is 0 Å². The predicted octanol–water partition coefficient (Wildman–Crippen LogP) is 10.5. The number of hydrogen-bond donors (Lipinski definition) is 0. The third-order valence-corrected chi connectivity index (χ3v) is 7.39. The van der Waals surface area contributed by atoms with E-state index in [1.807, 2.05) is 12.2 Å². The Bertz CT molecular complexity index is 2000. The van der Waals surface area contributed by atoms with Crippen LogP contribution in [0.5, 0.6) is 0 Å². The normalized spacial score (nSPS) is 11.5. The molecule has 0 N–H and O–H groups in total. The fraction of sp³-hybridized carbons (Fsp3) is 0. The molecule has 1 heteroatoms. The molecule has 7 aromatic rings. The quantitative estimate of drug-likeness (QED) is 0.248. The third kappa shape index (κ3) is 3.25. The summed E-state index contributed by atoms with van der Waals surface area (Å²) in [5.41, 5.74) is 8.64. The Kier molecular flexibility index (Phi) is 4.84. The zero-order valence-corrected chi connectivity index (χ0v) is 20.4. The van der Waals surface area contributed by atoms with Gasteiger partial charge in [0.05, 0.1) is 0 Å². The molecule has 0 bridgehead atoms. The monoisotopic (exact) mass is 472 g/mol. The van der Waals surface area contributed by atoms with Crippen LogP contribution < -0.4 is 0 Å². The summed E-state index contributed by atoms with van der Waals surface area (Å²) in [6, 6.07) is 38.5. The second kappa shape index (κ2) is 8.36. The zero-order valence-electron chi connectivity index (χ0n) is 20.4. The Labute approximate surface area is 215 Å². The molecule has 0 saturated carbocycles. The molecule has 0 aliphatic heterocycles. The highest BCUT2D eigenvalue weighted by molar-refractivity contribution is 6.15. The van der Waals surface area contributed by atoms with E-state index in [4.69, 9.17) is 4.42 Å². The van der Waals surface area contributed by atoms with Gasteiger partial charge in [0, 0.05) is 10.8 Å². The first-order valence-electron chi connectivity index (χ1n) is 12.5. The van der Waals surface area contributed by atoms with Gasteiger partial charge in [-0.1, -0.05) is 110 Å². The summed E-state index contributed by atoms with van der Waals surface area (Å²) < 4.78 is 6.28. The first-order valence-corrected chi connectivity index (χ1v) is 12.5. The van der Waals surface area contributed by atoms with Gasteiger partial charge in [-0.25, -0.2) is 0 Å². The van der Waals surface area contributed by atoms with Crippen LogP contribution in [0.25, 0.3) is 77.9 Å². The van der Waals surface area contributed by atoms with Crippen LogP contribution in [0, 0.1) is 0 Å². The van der Waals surface area contributed by atoms with Crippen LogP contribution in [0.2, 0.25) is 0 Å². The topological polar surface area (TPSA) is 13.1 Å². The number of fused-ring (bicyclic) bond motifs is 5. The van der Waals surface area contributed by atoms with Crippen molar-refractivity contribution in [3.63, 3.8) is 0 Å². The van der Waals surface area contributed by atoms with E-state index in [0.717, 1.165) is 44.2 Å². The molecule has 6 aromatic carbocycles. The van der Waals surface area contributed by atoms with Gasteiger partial charge < -0.3 is 4.42 Å². The fourth-order valence-electron chi connectivity index (χ4n) is 5.75. The molecule has 0 aliphatic rings. The number of furan rings is 1. The van der Waals surface area contributed by atoms with Crippen LogP contribution >= 0.6 is 0 Å². The van der Waals surface area contributed by atoms with Crippen molar-refractivity contribution in [2.75, 3.05) is 0 Å². The fourth-order valence-corrected chi connectivity index (χ4v) is 5.75. The van der Waals surface area contributed by atoms with Crippen LogP contribution in [0.15, 0.2) is 127 Å². The van der Waals surface area contributed by atoms with E-state index in [-0.39, 0.29) is 0 Å². The van der Waals surface area contributed by atoms with Crippen LogP contribution in [-0.4, -0.2) is 0 Å². The van der Waals surface area contributed by atoms with Gasteiger partial charge in [0.25, 0.3) is 0 Å². The minimum atomic E-state index is 0.892. The predicted molar refractivity (Wildman–Crippen MR) is 160 cm³/mol. The SMILES string of the molecule is C=Cc1c(C=C)c(-c2ccc3oc4cc5ccccc5cc4c3c2)c2ccccc2c1-c1ccccc1.